The number of ether oxygens (including phenoxy) is 3. The summed E-state index contributed by atoms with van der Waals surface area (Å²) in [5.74, 6) is 0.258. The van der Waals surface area contributed by atoms with E-state index < -0.39 is 5.97 Å². The minimum atomic E-state index is -0.984. The van der Waals surface area contributed by atoms with Gasteiger partial charge in [-0.3, -0.25) is 14.6 Å². The number of aromatic amines is 1. The van der Waals surface area contributed by atoms with Crippen molar-refractivity contribution >= 4 is 57.2 Å². The number of morpholine rings is 1. The molecule has 0 atom stereocenters. The van der Waals surface area contributed by atoms with Gasteiger partial charge in [0.05, 0.1) is 30.3 Å². The lowest BCUT2D eigenvalue weighted by molar-refractivity contribution is -0.122. The monoisotopic (exact) mass is 657 g/mol. The van der Waals surface area contributed by atoms with Crippen molar-refractivity contribution in [3.63, 3.8) is 0 Å². The average Bonchev–Trinajstić information content (AvgIpc) is 3.57. The van der Waals surface area contributed by atoms with Crippen LogP contribution in [0.1, 0.15) is 27.9 Å². The van der Waals surface area contributed by atoms with Gasteiger partial charge in [-0.1, -0.05) is 36.1 Å². The predicted molar refractivity (Wildman–Crippen MR) is 185 cm³/mol. The number of nitrogens with zero attached hydrogens (tertiary/aromatic N) is 2. The summed E-state index contributed by atoms with van der Waals surface area (Å²) in [6.07, 6.45) is 4.47. The van der Waals surface area contributed by atoms with E-state index in [0.717, 1.165) is 66.2 Å². The number of hydrogen-bond donors (Lipinski definition) is 2. The van der Waals surface area contributed by atoms with Gasteiger partial charge >= 0.3 is 5.97 Å². The first-order valence-corrected chi connectivity index (χ1v) is 16.4. The third-order valence-electron chi connectivity index (χ3n) is 8.04. The molecule has 1 amide bonds. The first kappa shape index (κ1) is 31.8. The van der Waals surface area contributed by atoms with Crippen LogP contribution in [0.4, 0.5) is 0 Å². The Morgan fingerprint density at radius 1 is 1.04 bits per heavy atom. The molecule has 2 aliphatic rings. The van der Waals surface area contributed by atoms with Crippen molar-refractivity contribution in [2.24, 2.45) is 0 Å². The molecular weight excluding hydrogens is 623 g/mol. The molecule has 0 aliphatic carbocycles. The van der Waals surface area contributed by atoms with E-state index in [0.29, 0.717) is 41.2 Å². The summed E-state index contributed by atoms with van der Waals surface area (Å²) < 4.78 is 18.1. The fourth-order valence-corrected chi connectivity index (χ4v) is 6.79. The molecule has 2 aliphatic heterocycles. The van der Waals surface area contributed by atoms with Crippen LogP contribution < -0.4 is 9.47 Å². The zero-order valence-electron chi connectivity index (χ0n) is 25.5. The van der Waals surface area contributed by atoms with Crippen molar-refractivity contribution in [3.05, 3.63) is 88.5 Å². The molecule has 6 rings (SSSR count). The smallest absolute Gasteiger partial charge is 0.335 e. The molecule has 0 spiro atoms. The fraction of sp³-hybridized carbons (Fsp3) is 0.286. The highest BCUT2D eigenvalue weighted by Crippen LogP contribution is 2.37. The molecule has 2 saturated heterocycles. The molecule has 11 heteroatoms. The molecule has 46 heavy (non-hydrogen) atoms. The highest BCUT2D eigenvalue weighted by molar-refractivity contribution is 8.26. The van der Waals surface area contributed by atoms with Crippen LogP contribution in [0.2, 0.25) is 0 Å². The van der Waals surface area contributed by atoms with Crippen LogP contribution in [-0.2, 0) is 9.53 Å². The van der Waals surface area contributed by atoms with Gasteiger partial charge in [0.25, 0.3) is 5.91 Å². The van der Waals surface area contributed by atoms with Gasteiger partial charge < -0.3 is 24.3 Å². The zero-order chi connectivity index (χ0) is 32.0. The number of thiocarbonyl (C=S) groups is 1. The number of carboxylic acids is 1. The van der Waals surface area contributed by atoms with Crippen LogP contribution >= 0.6 is 24.0 Å². The molecule has 0 saturated carbocycles. The number of carbonyl (C=O) groups excluding carboxylic acids is 1. The number of carboxylic acid groups (broad SMARTS) is 1. The molecule has 3 heterocycles. The van der Waals surface area contributed by atoms with Crippen LogP contribution in [0.3, 0.4) is 0 Å². The second-order valence-electron chi connectivity index (χ2n) is 11.2. The number of nitrogens with one attached hydrogen (secondary N) is 1. The standard InChI is InChI=1S/C35H35N3O6S2/c1-23-22-36-30-9-6-26(21-28(23)30)29-19-24(3-10-31(29)44-18-14-37-12-16-42-17-13-37)20-32-33(39)38(35(45)46-32)11-2-15-43-27-7-4-25(5-8-27)34(40)41/h3-10,19-22,36H,2,11-18H2,1H3,(H,40,41)/b32-20-. The Morgan fingerprint density at radius 2 is 1.85 bits per heavy atom. The number of carbonyl (C=O) groups is 2. The minimum absolute atomic E-state index is 0.127. The third kappa shape index (κ3) is 7.45. The topological polar surface area (TPSA) is 104 Å². The third-order valence-corrected chi connectivity index (χ3v) is 9.42. The lowest BCUT2D eigenvalue weighted by atomic mass is 9.99. The maximum absolute atomic E-state index is 13.4. The zero-order valence-corrected chi connectivity index (χ0v) is 27.1. The quantitative estimate of drug-likeness (QED) is 0.104. The first-order chi connectivity index (χ1) is 22.4. The Kier molecular flexibility index (Phi) is 10.0. The lowest BCUT2D eigenvalue weighted by Crippen LogP contribution is -2.38. The lowest BCUT2D eigenvalue weighted by Gasteiger charge is -2.26. The van der Waals surface area contributed by atoms with Crippen LogP contribution in [0.25, 0.3) is 28.1 Å². The van der Waals surface area contributed by atoms with E-state index >= 15 is 0 Å². The Bertz CT molecular complexity index is 1780. The number of benzene rings is 3. The Balaban J connectivity index is 1.15. The molecule has 4 aromatic rings. The molecule has 238 valence electrons. The van der Waals surface area contributed by atoms with Gasteiger partial charge in [0, 0.05) is 48.8 Å². The summed E-state index contributed by atoms with van der Waals surface area (Å²) in [5, 5.41) is 10.2. The molecule has 2 N–H and O–H groups in total. The van der Waals surface area contributed by atoms with Crippen LogP contribution in [-0.4, -0.2) is 88.7 Å². The SMILES string of the molecule is Cc1c[nH]c2ccc(-c3cc(/C=C4\SC(=S)N(CCCOc5ccc(C(=O)O)cc5)C4=O)ccc3OCCN3CCOCC3)cc12. The van der Waals surface area contributed by atoms with E-state index in [1.165, 1.54) is 29.5 Å². The second-order valence-corrected chi connectivity index (χ2v) is 12.8. The fourth-order valence-electron chi connectivity index (χ4n) is 5.48. The number of aromatic nitrogens is 1. The van der Waals surface area contributed by atoms with E-state index in [1.807, 2.05) is 24.4 Å². The van der Waals surface area contributed by atoms with Crippen molar-refractivity contribution in [2.75, 3.05) is 52.6 Å². The maximum Gasteiger partial charge on any atom is 0.335 e. The molecule has 1 aromatic heterocycles. The number of rotatable bonds is 12. The number of aryl methyl sites for hydroxylation is 1. The van der Waals surface area contributed by atoms with Crippen molar-refractivity contribution < 1.29 is 28.9 Å². The predicted octanol–water partition coefficient (Wildman–Crippen LogP) is 6.22. The molecule has 0 bridgehead atoms. The van der Waals surface area contributed by atoms with Gasteiger partial charge in [-0.2, -0.15) is 0 Å². The van der Waals surface area contributed by atoms with E-state index in [9.17, 15) is 9.59 Å². The van der Waals surface area contributed by atoms with Crippen molar-refractivity contribution in [3.8, 4) is 22.6 Å². The molecular formula is C35H35N3O6S2. The Morgan fingerprint density at radius 3 is 2.63 bits per heavy atom. The number of aromatic carboxylic acids is 1. The van der Waals surface area contributed by atoms with Gasteiger partial charge in [-0.05, 0) is 84.6 Å². The highest BCUT2D eigenvalue weighted by Gasteiger charge is 2.31. The number of hydrogen-bond acceptors (Lipinski definition) is 8. The normalized spacial score (nSPS) is 16.5. The molecule has 9 nitrogen and oxygen atoms in total. The van der Waals surface area contributed by atoms with Crippen LogP contribution in [0.5, 0.6) is 11.5 Å². The largest absolute Gasteiger partial charge is 0.494 e. The maximum atomic E-state index is 13.4. The van der Waals surface area contributed by atoms with Gasteiger partial charge in [0.15, 0.2) is 0 Å². The summed E-state index contributed by atoms with van der Waals surface area (Å²) in [6, 6.07) is 18.6. The molecule has 0 unspecified atom stereocenters. The Hall–Kier alpha value is -4.16. The molecule has 3 aromatic carbocycles. The van der Waals surface area contributed by atoms with Crippen molar-refractivity contribution in [2.45, 2.75) is 13.3 Å². The van der Waals surface area contributed by atoms with Crippen LogP contribution in [0.15, 0.2) is 71.8 Å². The van der Waals surface area contributed by atoms with E-state index in [1.54, 1.807) is 17.0 Å². The minimum Gasteiger partial charge on any atom is -0.494 e. The number of thioether (sulfide) groups is 1. The summed E-state index contributed by atoms with van der Waals surface area (Å²) >= 11 is 6.86. The molecule has 2 fully saturated rings. The second kappa shape index (κ2) is 14.5. The van der Waals surface area contributed by atoms with Crippen molar-refractivity contribution in [1.82, 2.24) is 14.8 Å². The van der Waals surface area contributed by atoms with Gasteiger partial charge in [-0.25, -0.2) is 4.79 Å². The van der Waals surface area contributed by atoms with E-state index in [-0.39, 0.29) is 11.5 Å². The first-order valence-electron chi connectivity index (χ1n) is 15.2. The number of fused-ring (bicyclic) bond motifs is 1. The van der Waals surface area contributed by atoms with E-state index in [2.05, 4.69) is 41.1 Å². The van der Waals surface area contributed by atoms with Crippen LogP contribution in [0, 0.1) is 6.92 Å². The number of H-pyrrole nitrogens is 1. The van der Waals surface area contributed by atoms with Gasteiger partial charge in [-0.15, -0.1) is 0 Å². The Labute approximate surface area is 277 Å². The summed E-state index contributed by atoms with van der Waals surface area (Å²) in [4.78, 5) is 32.2. The van der Waals surface area contributed by atoms with Gasteiger partial charge in [0.1, 0.15) is 22.4 Å². The van der Waals surface area contributed by atoms with Gasteiger partial charge in [0.2, 0.25) is 0 Å². The highest BCUT2D eigenvalue weighted by atomic mass is 32.2. The summed E-state index contributed by atoms with van der Waals surface area (Å²) in [7, 11) is 0. The summed E-state index contributed by atoms with van der Waals surface area (Å²) in [5.41, 5.74) is 5.34. The van der Waals surface area contributed by atoms with E-state index in [4.69, 9.17) is 31.5 Å². The number of amides is 1. The summed E-state index contributed by atoms with van der Waals surface area (Å²) in [6.45, 7) is 7.58. The van der Waals surface area contributed by atoms with Crippen molar-refractivity contribution in [1.29, 1.82) is 0 Å². The average molecular weight is 658 g/mol. The molecule has 0 radical (unpaired) electrons.